The number of benzene rings is 1. The quantitative estimate of drug-likeness (QED) is 0.886. The van der Waals surface area contributed by atoms with Crippen LogP contribution in [-0.4, -0.2) is 11.9 Å². The third-order valence-corrected chi connectivity index (χ3v) is 4.63. The lowest BCUT2D eigenvalue weighted by molar-refractivity contribution is -0.119. The Kier molecular flexibility index (Phi) is 3.09. The lowest BCUT2D eigenvalue weighted by Crippen LogP contribution is -2.52. The SMILES string of the molecule is CCC(=O)N1c2ccccc2[C@H](N)[C@@H](C)[C@@H]1C1CC1. The Hall–Kier alpha value is -1.35. The molecule has 1 aliphatic heterocycles. The summed E-state index contributed by atoms with van der Waals surface area (Å²) in [5.41, 5.74) is 8.57. The van der Waals surface area contributed by atoms with E-state index in [4.69, 9.17) is 5.73 Å². The van der Waals surface area contributed by atoms with Gasteiger partial charge in [0.2, 0.25) is 5.91 Å². The van der Waals surface area contributed by atoms with Crippen molar-refractivity contribution in [3.8, 4) is 0 Å². The number of hydrogen-bond acceptors (Lipinski definition) is 2. The molecule has 0 unspecified atom stereocenters. The largest absolute Gasteiger partial charge is 0.324 e. The fourth-order valence-corrected chi connectivity index (χ4v) is 3.43. The van der Waals surface area contributed by atoms with Crippen molar-refractivity contribution in [1.82, 2.24) is 0 Å². The van der Waals surface area contributed by atoms with Crippen LogP contribution in [0.5, 0.6) is 0 Å². The normalized spacial score (nSPS) is 30.1. The zero-order chi connectivity index (χ0) is 13.6. The molecule has 102 valence electrons. The fraction of sp³-hybridized carbons (Fsp3) is 0.562. The van der Waals surface area contributed by atoms with Gasteiger partial charge in [-0.1, -0.05) is 32.0 Å². The van der Waals surface area contributed by atoms with Crippen molar-refractivity contribution in [2.75, 3.05) is 4.90 Å². The third-order valence-electron chi connectivity index (χ3n) is 4.63. The van der Waals surface area contributed by atoms with Gasteiger partial charge in [-0.05, 0) is 36.3 Å². The van der Waals surface area contributed by atoms with Crippen LogP contribution in [0.4, 0.5) is 5.69 Å². The molecule has 1 aromatic rings. The number of rotatable bonds is 2. The van der Waals surface area contributed by atoms with Gasteiger partial charge in [0.25, 0.3) is 0 Å². The number of anilines is 1. The van der Waals surface area contributed by atoms with Gasteiger partial charge in [-0.15, -0.1) is 0 Å². The predicted octanol–water partition coefficient (Wildman–Crippen LogP) is 2.86. The molecule has 0 radical (unpaired) electrons. The van der Waals surface area contributed by atoms with Crippen molar-refractivity contribution in [1.29, 1.82) is 0 Å². The Morgan fingerprint density at radius 2 is 2.05 bits per heavy atom. The summed E-state index contributed by atoms with van der Waals surface area (Å²) in [6.45, 7) is 4.13. The topological polar surface area (TPSA) is 46.3 Å². The Morgan fingerprint density at radius 1 is 1.37 bits per heavy atom. The number of nitrogens with two attached hydrogens (primary N) is 1. The number of nitrogens with zero attached hydrogens (tertiary/aromatic N) is 1. The number of para-hydroxylation sites is 1. The maximum atomic E-state index is 12.4. The number of carbonyl (C=O) groups is 1. The molecule has 1 saturated carbocycles. The zero-order valence-corrected chi connectivity index (χ0v) is 11.7. The molecular formula is C16H22N2O. The van der Waals surface area contributed by atoms with Crippen LogP contribution >= 0.6 is 0 Å². The molecule has 1 amide bonds. The van der Waals surface area contributed by atoms with Gasteiger partial charge in [0.15, 0.2) is 0 Å². The first-order chi connectivity index (χ1) is 9.15. The summed E-state index contributed by atoms with van der Waals surface area (Å²) in [6, 6.07) is 8.46. The maximum absolute atomic E-state index is 12.4. The predicted molar refractivity (Wildman–Crippen MR) is 76.8 cm³/mol. The molecule has 3 nitrogen and oxygen atoms in total. The average molecular weight is 258 g/mol. The maximum Gasteiger partial charge on any atom is 0.226 e. The van der Waals surface area contributed by atoms with Crippen LogP contribution in [0.2, 0.25) is 0 Å². The highest BCUT2D eigenvalue weighted by Crippen LogP contribution is 2.48. The van der Waals surface area contributed by atoms with E-state index < -0.39 is 0 Å². The van der Waals surface area contributed by atoms with Gasteiger partial charge in [-0.2, -0.15) is 0 Å². The van der Waals surface area contributed by atoms with Gasteiger partial charge >= 0.3 is 0 Å². The highest BCUT2D eigenvalue weighted by Gasteiger charge is 2.46. The molecule has 0 aromatic heterocycles. The smallest absolute Gasteiger partial charge is 0.226 e. The molecule has 2 N–H and O–H groups in total. The Bertz CT molecular complexity index is 495. The van der Waals surface area contributed by atoms with Crippen molar-refractivity contribution in [2.24, 2.45) is 17.6 Å². The molecule has 0 bridgehead atoms. The zero-order valence-electron chi connectivity index (χ0n) is 11.7. The van der Waals surface area contributed by atoms with Crippen LogP contribution in [0.15, 0.2) is 24.3 Å². The van der Waals surface area contributed by atoms with E-state index in [1.165, 1.54) is 12.8 Å². The second kappa shape index (κ2) is 4.64. The minimum Gasteiger partial charge on any atom is -0.324 e. The van der Waals surface area contributed by atoms with E-state index in [0.717, 1.165) is 11.3 Å². The number of hydrogen-bond donors (Lipinski definition) is 1. The summed E-state index contributed by atoms with van der Waals surface area (Å²) >= 11 is 0. The van der Waals surface area contributed by atoms with E-state index in [1.807, 2.05) is 30.0 Å². The van der Waals surface area contributed by atoms with Crippen molar-refractivity contribution < 1.29 is 4.79 Å². The van der Waals surface area contributed by atoms with Crippen LogP contribution in [0, 0.1) is 11.8 Å². The van der Waals surface area contributed by atoms with Gasteiger partial charge in [-0.25, -0.2) is 0 Å². The summed E-state index contributed by atoms with van der Waals surface area (Å²) in [4.78, 5) is 14.5. The first-order valence-electron chi connectivity index (χ1n) is 7.31. The van der Waals surface area contributed by atoms with E-state index >= 15 is 0 Å². The molecule has 3 atom stereocenters. The van der Waals surface area contributed by atoms with Gasteiger partial charge < -0.3 is 10.6 Å². The molecule has 1 fully saturated rings. The van der Waals surface area contributed by atoms with Gasteiger partial charge in [0.1, 0.15) is 0 Å². The van der Waals surface area contributed by atoms with Gasteiger partial charge in [0, 0.05) is 24.2 Å². The lowest BCUT2D eigenvalue weighted by atomic mass is 9.80. The number of fused-ring (bicyclic) bond motifs is 1. The van der Waals surface area contributed by atoms with Crippen LogP contribution in [0.1, 0.15) is 44.7 Å². The number of amides is 1. The molecule has 1 heterocycles. The minimum absolute atomic E-state index is 0.0442. The molecule has 1 aromatic carbocycles. The molecule has 3 rings (SSSR count). The van der Waals surface area contributed by atoms with E-state index in [9.17, 15) is 4.79 Å². The monoisotopic (exact) mass is 258 g/mol. The van der Waals surface area contributed by atoms with Crippen LogP contribution in [0.25, 0.3) is 0 Å². The third kappa shape index (κ3) is 1.96. The van der Waals surface area contributed by atoms with Crippen LogP contribution in [0.3, 0.4) is 0 Å². The highest BCUT2D eigenvalue weighted by atomic mass is 16.2. The average Bonchev–Trinajstić information content (AvgIpc) is 3.26. The van der Waals surface area contributed by atoms with Crippen molar-refractivity contribution >= 4 is 11.6 Å². The summed E-state index contributed by atoms with van der Waals surface area (Å²) < 4.78 is 0. The van der Waals surface area contributed by atoms with Gasteiger partial charge in [0.05, 0.1) is 0 Å². The first-order valence-corrected chi connectivity index (χ1v) is 7.31. The van der Waals surface area contributed by atoms with Crippen molar-refractivity contribution in [3.63, 3.8) is 0 Å². The summed E-state index contributed by atoms with van der Waals surface area (Å²) in [5, 5.41) is 0. The van der Waals surface area contributed by atoms with Crippen molar-refractivity contribution in [3.05, 3.63) is 29.8 Å². The highest BCUT2D eigenvalue weighted by molar-refractivity contribution is 5.95. The second-order valence-corrected chi connectivity index (χ2v) is 5.89. The second-order valence-electron chi connectivity index (χ2n) is 5.89. The Labute approximate surface area is 114 Å². The summed E-state index contributed by atoms with van der Waals surface area (Å²) in [6.07, 6.45) is 3.02. The fourth-order valence-electron chi connectivity index (χ4n) is 3.43. The van der Waals surface area contributed by atoms with Crippen LogP contribution in [-0.2, 0) is 4.79 Å². The van der Waals surface area contributed by atoms with Crippen molar-refractivity contribution in [2.45, 2.75) is 45.2 Å². The molecule has 2 aliphatic rings. The van der Waals surface area contributed by atoms with E-state index in [-0.39, 0.29) is 18.0 Å². The first kappa shape index (κ1) is 12.7. The number of carbonyl (C=O) groups excluding carboxylic acids is 1. The van der Waals surface area contributed by atoms with E-state index in [2.05, 4.69) is 13.0 Å². The molecule has 19 heavy (non-hydrogen) atoms. The lowest BCUT2D eigenvalue weighted by Gasteiger charge is -2.44. The van der Waals surface area contributed by atoms with Gasteiger partial charge in [-0.3, -0.25) is 4.79 Å². The summed E-state index contributed by atoms with van der Waals surface area (Å²) in [7, 11) is 0. The standard InChI is InChI=1S/C16H22N2O/c1-3-14(19)18-13-7-5-4-6-12(13)15(17)10(2)16(18)11-8-9-11/h4-7,10-11,15-16H,3,8-9,17H2,1-2H3/t10-,15-,16-/m1/s1. The molecule has 1 aliphatic carbocycles. The molecule has 0 spiro atoms. The molecular weight excluding hydrogens is 236 g/mol. The molecule has 0 saturated heterocycles. The Balaban J connectivity index is 2.10. The Morgan fingerprint density at radius 3 is 2.68 bits per heavy atom. The minimum atomic E-state index is 0.0442. The van der Waals surface area contributed by atoms with E-state index in [1.54, 1.807) is 0 Å². The van der Waals surface area contributed by atoms with Crippen LogP contribution < -0.4 is 10.6 Å². The van der Waals surface area contributed by atoms with E-state index in [0.29, 0.717) is 18.3 Å². The molecule has 3 heteroatoms. The summed E-state index contributed by atoms with van der Waals surface area (Å²) in [5.74, 6) is 1.20.